The van der Waals surface area contributed by atoms with Crippen LogP contribution in [0.15, 0.2) is 0 Å². The molecule has 0 aromatic rings. The Labute approximate surface area is 46.9 Å². The average Bonchev–Trinajstić information content (AvgIpc) is 1.59. The summed E-state index contributed by atoms with van der Waals surface area (Å²) < 4.78 is 27.4. The molecule has 0 rings (SSSR count). The van der Waals surface area contributed by atoms with Crippen molar-refractivity contribution in [2.45, 2.75) is 0 Å². The van der Waals surface area contributed by atoms with Gasteiger partial charge in [0.2, 0.25) is 0 Å². The molecule has 0 saturated carbocycles. The summed E-state index contributed by atoms with van der Waals surface area (Å²) in [6.07, 6.45) is 1.34. The predicted molar refractivity (Wildman–Crippen MR) is 26.1 cm³/mol. The molecule has 0 radical (unpaired) electrons. The molecule has 8 heavy (non-hydrogen) atoms. The Hall–Kier alpha value is -0.730. The van der Waals surface area contributed by atoms with E-state index < -0.39 is 15.9 Å². The van der Waals surface area contributed by atoms with Crippen molar-refractivity contribution in [3.63, 3.8) is 0 Å². The van der Waals surface area contributed by atoms with Gasteiger partial charge in [-0.3, -0.25) is 4.55 Å². The van der Waals surface area contributed by atoms with E-state index in [1.807, 2.05) is 0 Å². The van der Waals surface area contributed by atoms with Crippen molar-refractivity contribution < 1.29 is 18.1 Å². The Morgan fingerprint density at radius 2 is 2.00 bits per heavy atom. The van der Waals surface area contributed by atoms with Gasteiger partial charge in [-0.25, -0.2) is 0 Å². The van der Waals surface area contributed by atoms with Gasteiger partial charge < -0.3 is 5.11 Å². The van der Waals surface area contributed by atoms with E-state index in [2.05, 4.69) is 0 Å². The Bertz CT molecular complexity index is 203. The first-order valence-electron chi connectivity index (χ1n) is 1.63. The van der Waals surface area contributed by atoms with Crippen LogP contribution >= 0.6 is 0 Å². The van der Waals surface area contributed by atoms with E-state index in [0.717, 1.165) is 0 Å². The molecular formula is C3H4O4S. The maximum atomic E-state index is 9.73. The SMILES string of the molecule is O=S(=O)(O)CC#CO. The van der Waals surface area contributed by atoms with Gasteiger partial charge in [0.25, 0.3) is 10.1 Å². The van der Waals surface area contributed by atoms with E-state index in [-0.39, 0.29) is 0 Å². The van der Waals surface area contributed by atoms with Gasteiger partial charge in [0.1, 0.15) is 11.9 Å². The minimum absolute atomic E-state index is 0.719. The third-order valence-electron chi connectivity index (χ3n) is 0.334. The van der Waals surface area contributed by atoms with Crippen molar-refractivity contribution in [3.05, 3.63) is 0 Å². The fourth-order valence-electron chi connectivity index (χ4n) is 0.123. The van der Waals surface area contributed by atoms with Crippen LogP contribution in [0, 0.1) is 12.0 Å². The minimum Gasteiger partial charge on any atom is -0.462 e. The zero-order valence-electron chi connectivity index (χ0n) is 3.83. The normalized spacial score (nSPS) is 9.62. The average molecular weight is 136 g/mol. The van der Waals surface area contributed by atoms with Crippen molar-refractivity contribution in [1.29, 1.82) is 0 Å². The number of rotatable bonds is 1. The first-order valence-corrected chi connectivity index (χ1v) is 3.24. The van der Waals surface area contributed by atoms with E-state index in [0.29, 0.717) is 0 Å². The lowest BCUT2D eigenvalue weighted by Gasteiger charge is -1.80. The molecule has 0 aliphatic heterocycles. The van der Waals surface area contributed by atoms with Crippen LogP contribution in [-0.2, 0) is 10.1 Å². The highest BCUT2D eigenvalue weighted by Crippen LogP contribution is 1.75. The molecular weight excluding hydrogens is 132 g/mol. The van der Waals surface area contributed by atoms with E-state index in [1.54, 1.807) is 5.92 Å². The Morgan fingerprint density at radius 3 is 2.12 bits per heavy atom. The molecule has 0 aliphatic carbocycles. The highest BCUT2D eigenvalue weighted by atomic mass is 32.2. The van der Waals surface area contributed by atoms with E-state index in [9.17, 15) is 8.42 Å². The first-order chi connectivity index (χ1) is 3.56. The summed E-state index contributed by atoms with van der Waals surface area (Å²) in [6.45, 7) is 0. The summed E-state index contributed by atoms with van der Waals surface area (Å²) in [5.74, 6) is 1.04. The monoisotopic (exact) mass is 136 g/mol. The van der Waals surface area contributed by atoms with Gasteiger partial charge in [-0.05, 0) is 5.92 Å². The van der Waals surface area contributed by atoms with Gasteiger partial charge in [0.05, 0.1) is 0 Å². The summed E-state index contributed by atoms with van der Waals surface area (Å²) in [4.78, 5) is 0. The lowest BCUT2D eigenvalue weighted by molar-refractivity contribution is 0.486. The number of aliphatic hydroxyl groups is 1. The third-order valence-corrected chi connectivity index (χ3v) is 0.843. The molecule has 0 spiro atoms. The molecule has 2 N–H and O–H groups in total. The molecule has 0 saturated heterocycles. The van der Waals surface area contributed by atoms with Crippen molar-refractivity contribution in [1.82, 2.24) is 0 Å². The largest absolute Gasteiger partial charge is 0.462 e. The summed E-state index contributed by atoms with van der Waals surface area (Å²) >= 11 is 0. The molecule has 0 bridgehead atoms. The zero-order valence-corrected chi connectivity index (χ0v) is 4.64. The molecule has 0 unspecified atom stereocenters. The summed E-state index contributed by atoms with van der Waals surface area (Å²) in [6, 6.07) is 0. The predicted octanol–water partition coefficient (Wildman–Crippen LogP) is -0.792. The van der Waals surface area contributed by atoms with Crippen molar-refractivity contribution >= 4 is 10.1 Å². The lowest BCUT2D eigenvalue weighted by Crippen LogP contribution is -2.00. The van der Waals surface area contributed by atoms with E-state index in [1.165, 1.54) is 6.11 Å². The van der Waals surface area contributed by atoms with Crippen molar-refractivity contribution in [2.75, 3.05) is 5.75 Å². The maximum absolute atomic E-state index is 9.73. The van der Waals surface area contributed by atoms with Crippen LogP contribution in [0.3, 0.4) is 0 Å². The number of hydrogen-bond acceptors (Lipinski definition) is 3. The van der Waals surface area contributed by atoms with Gasteiger partial charge in [0.15, 0.2) is 0 Å². The first kappa shape index (κ1) is 7.27. The van der Waals surface area contributed by atoms with Crippen LogP contribution < -0.4 is 0 Å². The summed E-state index contributed by atoms with van der Waals surface area (Å²) in [5, 5.41) is 7.69. The molecule has 0 aromatic heterocycles. The topological polar surface area (TPSA) is 74.6 Å². The third kappa shape index (κ3) is 5.27. The standard InChI is InChI=1S/C3H4O4S/c4-2-1-3-8(5,6)7/h4H,3H2,(H,5,6,7). The molecule has 0 atom stereocenters. The number of aliphatic hydroxyl groups excluding tert-OH is 1. The maximum Gasteiger partial charge on any atom is 0.276 e. The number of hydrogen-bond donors (Lipinski definition) is 2. The summed E-state index contributed by atoms with van der Waals surface area (Å²) in [5.41, 5.74) is 0. The quantitative estimate of drug-likeness (QED) is 0.366. The highest BCUT2D eigenvalue weighted by Gasteiger charge is 1.97. The molecule has 0 heterocycles. The Kier molecular flexibility index (Phi) is 2.31. The van der Waals surface area contributed by atoms with Gasteiger partial charge in [-0.2, -0.15) is 8.42 Å². The molecule has 5 heteroatoms. The van der Waals surface area contributed by atoms with Gasteiger partial charge >= 0.3 is 0 Å². The second kappa shape index (κ2) is 2.55. The molecule has 0 aromatic carbocycles. The van der Waals surface area contributed by atoms with Crippen molar-refractivity contribution in [3.8, 4) is 12.0 Å². The van der Waals surface area contributed by atoms with Crippen LogP contribution in [0.1, 0.15) is 0 Å². The van der Waals surface area contributed by atoms with Crippen LogP contribution in [0.2, 0.25) is 0 Å². The second-order valence-corrected chi connectivity index (χ2v) is 2.47. The fraction of sp³-hybridized carbons (Fsp3) is 0.333. The fourth-order valence-corrected chi connectivity index (χ4v) is 0.370. The zero-order chi connectivity index (χ0) is 6.62. The molecule has 0 amide bonds. The Balaban J connectivity index is 3.89. The van der Waals surface area contributed by atoms with Crippen LogP contribution in [0.25, 0.3) is 0 Å². The summed E-state index contributed by atoms with van der Waals surface area (Å²) in [7, 11) is -4.02. The minimum atomic E-state index is -4.02. The van der Waals surface area contributed by atoms with Crippen LogP contribution in [0.4, 0.5) is 0 Å². The lowest BCUT2D eigenvalue weighted by atomic mass is 10.8. The molecule has 4 nitrogen and oxygen atoms in total. The second-order valence-electron chi connectivity index (χ2n) is 1.01. The van der Waals surface area contributed by atoms with Crippen LogP contribution in [-0.4, -0.2) is 23.8 Å². The highest BCUT2D eigenvalue weighted by molar-refractivity contribution is 7.86. The molecule has 0 aliphatic rings. The van der Waals surface area contributed by atoms with E-state index >= 15 is 0 Å². The van der Waals surface area contributed by atoms with Crippen molar-refractivity contribution in [2.24, 2.45) is 0 Å². The van der Waals surface area contributed by atoms with E-state index in [4.69, 9.17) is 9.66 Å². The van der Waals surface area contributed by atoms with Gasteiger partial charge in [-0.1, -0.05) is 0 Å². The molecule has 0 fully saturated rings. The van der Waals surface area contributed by atoms with Gasteiger partial charge in [-0.15, -0.1) is 0 Å². The van der Waals surface area contributed by atoms with Crippen LogP contribution in [0.5, 0.6) is 0 Å². The van der Waals surface area contributed by atoms with Gasteiger partial charge in [0, 0.05) is 0 Å². The molecule has 46 valence electrons. The smallest absolute Gasteiger partial charge is 0.276 e. The Morgan fingerprint density at radius 1 is 1.50 bits per heavy atom.